The van der Waals surface area contributed by atoms with Gasteiger partial charge in [-0.3, -0.25) is 9.48 Å². The quantitative estimate of drug-likeness (QED) is 0.773. The van der Waals surface area contributed by atoms with Gasteiger partial charge in [0.2, 0.25) is 11.9 Å². The highest BCUT2D eigenvalue weighted by Gasteiger charge is 2.49. The lowest BCUT2D eigenvalue weighted by Gasteiger charge is -2.31. The van der Waals surface area contributed by atoms with Crippen LogP contribution in [0.5, 0.6) is 0 Å². The number of nitrogens with zero attached hydrogens (tertiary/aromatic N) is 6. The zero-order valence-corrected chi connectivity index (χ0v) is 17.1. The Kier molecular flexibility index (Phi) is 5.04. The minimum Gasteiger partial charge on any atom is -0.362 e. The molecule has 1 aliphatic heterocycles. The minimum atomic E-state index is -0.406. The molecule has 3 heterocycles. The number of rotatable bonds is 5. The Morgan fingerprint density at radius 3 is 2.69 bits per heavy atom. The van der Waals surface area contributed by atoms with Crippen molar-refractivity contribution in [2.24, 2.45) is 18.9 Å². The van der Waals surface area contributed by atoms with Gasteiger partial charge in [-0.25, -0.2) is 4.98 Å². The summed E-state index contributed by atoms with van der Waals surface area (Å²) >= 11 is 6.36. The van der Waals surface area contributed by atoms with E-state index in [-0.39, 0.29) is 5.91 Å². The molecule has 152 valence electrons. The fraction of sp³-hybridized carbons (Fsp3) is 0.526. The van der Waals surface area contributed by atoms with Crippen molar-refractivity contribution in [1.29, 1.82) is 5.26 Å². The summed E-state index contributed by atoms with van der Waals surface area (Å²) in [4.78, 5) is 22.4. The largest absolute Gasteiger partial charge is 0.362 e. The van der Waals surface area contributed by atoms with Crippen LogP contribution in [0.4, 0.5) is 17.5 Å². The molecule has 2 N–H and O–H groups in total. The van der Waals surface area contributed by atoms with Crippen LogP contribution in [0.3, 0.4) is 0 Å². The summed E-state index contributed by atoms with van der Waals surface area (Å²) in [7, 11) is 1.83. The van der Waals surface area contributed by atoms with Crippen molar-refractivity contribution in [3.8, 4) is 6.07 Å². The number of anilines is 3. The number of nitriles is 1. The number of aromatic nitrogens is 4. The Balaban J connectivity index is 1.53. The number of nitrogens with one attached hydrogen (secondary N) is 2. The number of aryl methyl sites for hydroxylation is 1. The third-order valence-electron chi connectivity index (χ3n) is 5.83. The van der Waals surface area contributed by atoms with Gasteiger partial charge in [0.25, 0.3) is 0 Å². The number of halogens is 1. The van der Waals surface area contributed by atoms with Gasteiger partial charge in [0.05, 0.1) is 36.1 Å². The second kappa shape index (κ2) is 7.52. The lowest BCUT2D eigenvalue weighted by Crippen LogP contribution is -2.38. The van der Waals surface area contributed by atoms with E-state index >= 15 is 0 Å². The number of hydrogen-bond donors (Lipinski definition) is 2. The molecular formula is C19H23ClN8O. The number of carbonyl (C=O) groups excluding carboxylic acids is 1. The Morgan fingerprint density at radius 1 is 1.38 bits per heavy atom. The predicted octanol–water partition coefficient (Wildman–Crippen LogP) is 2.56. The molecule has 29 heavy (non-hydrogen) atoms. The fourth-order valence-corrected chi connectivity index (χ4v) is 4.71. The topological polar surface area (TPSA) is 112 Å². The Labute approximate surface area is 174 Å². The first kappa shape index (κ1) is 19.5. The summed E-state index contributed by atoms with van der Waals surface area (Å²) in [6.45, 7) is 3.11. The van der Waals surface area contributed by atoms with Gasteiger partial charge in [0, 0.05) is 33.3 Å². The standard InChI is InChI=1S/C19H23ClN8O/c1-12(29)28-9-13-5-19(3-4-21,6-14(13)10-28)26-17-16(20)8-22-18(25-17)24-15-7-23-27(2)11-15/h7-8,11,13-14H,3,5-6,9-10H2,1-2H3,(H2,22,24,25,26). The first-order valence-electron chi connectivity index (χ1n) is 9.56. The highest BCUT2D eigenvalue weighted by molar-refractivity contribution is 6.32. The summed E-state index contributed by atoms with van der Waals surface area (Å²) in [5.41, 5.74) is 0.364. The number of fused-ring (bicyclic) bond motifs is 1. The van der Waals surface area contributed by atoms with Crippen LogP contribution < -0.4 is 10.6 Å². The van der Waals surface area contributed by atoms with Gasteiger partial charge in [-0.05, 0) is 24.7 Å². The van der Waals surface area contributed by atoms with E-state index in [1.807, 2.05) is 18.1 Å². The smallest absolute Gasteiger partial charge is 0.229 e. The van der Waals surface area contributed by atoms with E-state index in [9.17, 15) is 10.1 Å². The van der Waals surface area contributed by atoms with E-state index in [2.05, 4.69) is 31.8 Å². The Hall–Kier alpha value is -2.86. The van der Waals surface area contributed by atoms with Crippen LogP contribution in [0.2, 0.25) is 5.02 Å². The number of hydrogen-bond acceptors (Lipinski definition) is 7. The molecule has 1 amide bonds. The van der Waals surface area contributed by atoms with E-state index in [0.717, 1.165) is 31.6 Å². The van der Waals surface area contributed by atoms with Gasteiger partial charge in [-0.1, -0.05) is 11.6 Å². The molecule has 0 spiro atoms. The Bertz CT molecular complexity index is 953. The van der Waals surface area contributed by atoms with E-state index in [0.29, 0.717) is 35.0 Å². The second-order valence-electron chi connectivity index (χ2n) is 8.01. The van der Waals surface area contributed by atoms with Gasteiger partial charge in [-0.2, -0.15) is 15.3 Å². The Morgan fingerprint density at radius 2 is 2.10 bits per heavy atom. The normalized spacial score (nSPS) is 25.5. The maximum absolute atomic E-state index is 11.7. The average molecular weight is 415 g/mol. The average Bonchev–Trinajstić information content (AvgIpc) is 3.32. The van der Waals surface area contributed by atoms with E-state index in [1.54, 1.807) is 24.0 Å². The molecule has 0 bridgehead atoms. The summed E-state index contributed by atoms with van der Waals surface area (Å²) in [6.07, 6.45) is 7.01. The SMILES string of the molecule is CC(=O)N1CC2CC(CC#N)(Nc3nc(Nc4cnn(C)c4)ncc3Cl)CC2C1. The summed E-state index contributed by atoms with van der Waals surface area (Å²) < 4.78 is 1.68. The summed E-state index contributed by atoms with van der Waals surface area (Å²) in [5.74, 6) is 1.79. The summed E-state index contributed by atoms with van der Waals surface area (Å²) in [5, 5.41) is 20.5. The van der Waals surface area contributed by atoms with Crippen molar-refractivity contribution in [3.63, 3.8) is 0 Å². The molecule has 2 aliphatic rings. The number of amides is 1. The van der Waals surface area contributed by atoms with Crippen molar-refractivity contribution < 1.29 is 4.79 Å². The van der Waals surface area contributed by atoms with Crippen LogP contribution in [0.25, 0.3) is 0 Å². The third-order valence-corrected chi connectivity index (χ3v) is 6.11. The van der Waals surface area contributed by atoms with Crippen LogP contribution in [-0.4, -0.2) is 49.2 Å². The molecule has 9 nitrogen and oxygen atoms in total. The first-order valence-corrected chi connectivity index (χ1v) is 9.94. The first-order chi connectivity index (χ1) is 13.9. The van der Waals surface area contributed by atoms with Gasteiger partial charge in [0.15, 0.2) is 5.82 Å². The highest BCUT2D eigenvalue weighted by atomic mass is 35.5. The molecule has 2 aromatic rings. The van der Waals surface area contributed by atoms with E-state index in [4.69, 9.17) is 11.6 Å². The third kappa shape index (κ3) is 3.98. The molecule has 1 saturated carbocycles. The van der Waals surface area contributed by atoms with E-state index < -0.39 is 5.54 Å². The van der Waals surface area contributed by atoms with Gasteiger partial charge in [0.1, 0.15) is 5.02 Å². The molecule has 4 rings (SSSR count). The van der Waals surface area contributed by atoms with Crippen LogP contribution in [-0.2, 0) is 11.8 Å². The van der Waals surface area contributed by atoms with Crippen LogP contribution in [0.1, 0.15) is 26.2 Å². The monoisotopic (exact) mass is 414 g/mol. The molecular weight excluding hydrogens is 392 g/mol. The molecule has 10 heteroatoms. The van der Waals surface area contributed by atoms with Crippen LogP contribution in [0.15, 0.2) is 18.6 Å². The highest BCUT2D eigenvalue weighted by Crippen LogP contribution is 2.47. The maximum atomic E-state index is 11.7. The molecule has 2 aromatic heterocycles. The second-order valence-corrected chi connectivity index (χ2v) is 8.42. The van der Waals surface area contributed by atoms with Crippen molar-refractivity contribution in [2.45, 2.75) is 31.7 Å². The van der Waals surface area contributed by atoms with Crippen molar-refractivity contribution >= 4 is 35.0 Å². The predicted molar refractivity (Wildman–Crippen MR) is 109 cm³/mol. The van der Waals surface area contributed by atoms with Crippen molar-refractivity contribution in [2.75, 3.05) is 23.7 Å². The minimum absolute atomic E-state index is 0.114. The van der Waals surface area contributed by atoms with Crippen LogP contribution in [0, 0.1) is 23.2 Å². The van der Waals surface area contributed by atoms with Gasteiger partial charge < -0.3 is 15.5 Å². The maximum Gasteiger partial charge on any atom is 0.229 e. The van der Waals surface area contributed by atoms with Crippen molar-refractivity contribution in [3.05, 3.63) is 23.6 Å². The zero-order valence-electron chi connectivity index (χ0n) is 16.4. The molecule has 2 fully saturated rings. The van der Waals surface area contributed by atoms with Gasteiger partial charge in [-0.15, -0.1) is 0 Å². The molecule has 1 aliphatic carbocycles. The molecule has 0 radical (unpaired) electrons. The van der Waals surface area contributed by atoms with E-state index in [1.165, 1.54) is 0 Å². The molecule has 0 aromatic carbocycles. The van der Waals surface area contributed by atoms with Gasteiger partial charge >= 0.3 is 0 Å². The molecule has 1 saturated heterocycles. The molecule has 2 unspecified atom stereocenters. The zero-order chi connectivity index (χ0) is 20.6. The van der Waals surface area contributed by atoms with Crippen molar-refractivity contribution in [1.82, 2.24) is 24.6 Å². The van der Waals surface area contributed by atoms with Crippen LogP contribution >= 0.6 is 11.6 Å². The molecule has 2 atom stereocenters. The number of likely N-dealkylation sites (tertiary alicyclic amines) is 1. The number of carbonyl (C=O) groups is 1. The lowest BCUT2D eigenvalue weighted by atomic mass is 9.91. The lowest BCUT2D eigenvalue weighted by molar-refractivity contribution is -0.128. The fourth-order valence-electron chi connectivity index (χ4n) is 4.57. The summed E-state index contributed by atoms with van der Waals surface area (Å²) in [6, 6.07) is 2.31.